The molecule has 0 fully saturated rings. The summed E-state index contributed by atoms with van der Waals surface area (Å²) in [6.07, 6.45) is 1.80. The molecular weight excluding hydrogens is 243 g/mol. The highest BCUT2D eigenvalue weighted by atomic mass is 32.2. The van der Waals surface area contributed by atoms with Crippen LogP contribution in [0.3, 0.4) is 0 Å². The summed E-state index contributed by atoms with van der Waals surface area (Å²) >= 11 is 1.68. The van der Waals surface area contributed by atoms with Crippen molar-refractivity contribution in [1.82, 2.24) is 0 Å². The van der Waals surface area contributed by atoms with Crippen molar-refractivity contribution in [2.45, 2.75) is 0 Å². The summed E-state index contributed by atoms with van der Waals surface area (Å²) in [5.74, 6) is 1.07. The molecule has 17 heavy (non-hydrogen) atoms. The summed E-state index contributed by atoms with van der Waals surface area (Å²) in [6.45, 7) is 4.22. The Hall–Kier alpha value is -1.56. The first-order valence-electron chi connectivity index (χ1n) is 5.01. The number of nitrogens with one attached hydrogen (secondary N) is 1. The summed E-state index contributed by atoms with van der Waals surface area (Å²) in [4.78, 5) is 9.91. The van der Waals surface area contributed by atoms with Crippen LogP contribution in [-0.2, 0) is 0 Å². The van der Waals surface area contributed by atoms with Crippen molar-refractivity contribution in [3.8, 4) is 0 Å². The van der Waals surface area contributed by atoms with E-state index >= 15 is 0 Å². The summed E-state index contributed by atoms with van der Waals surface area (Å²) in [7, 11) is 0. The topological polar surface area (TPSA) is 55.2 Å². The highest BCUT2D eigenvalue weighted by Gasteiger charge is 2.09. The number of benzene rings is 1. The Morgan fingerprint density at radius 2 is 2.29 bits per heavy atom. The molecule has 1 aromatic carbocycles. The second-order valence-electron chi connectivity index (χ2n) is 3.25. The van der Waals surface area contributed by atoms with E-state index in [1.165, 1.54) is 12.1 Å². The van der Waals surface area contributed by atoms with Gasteiger partial charge in [-0.3, -0.25) is 10.1 Å². The minimum Gasteiger partial charge on any atom is -0.384 e. The molecule has 4 nitrogen and oxygen atoms in total. The van der Waals surface area contributed by atoms with Gasteiger partial charge in [-0.15, -0.1) is 6.58 Å². The number of nitrogens with zero attached hydrogens (tertiary/aromatic N) is 1. The van der Waals surface area contributed by atoms with E-state index in [-0.39, 0.29) is 5.69 Å². The molecule has 0 heterocycles. The van der Waals surface area contributed by atoms with Crippen molar-refractivity contribution in [2.24, 2.45) is 0 Å². The zero-order valence-corrected chi connectivity index (χ0v) is 10.0. The van der Waals surface area contributed by atoms with Crippen LogP contribution >= 0.6 is 11.8 Å². The van der Waals surface area contributed by atoms with Crippen molar-refractivity contribution >= 4 is 23.1 Å². The van der Waals surface area contributed by atoms with Gasteiger partial charge in [0.1, 0.15) is 5.82 Å². The lowest BCUT2D eigenvalue weighted by atomic mass is 10.2. The lowest BCUT2D eigenvalue weighted by Crippen LogP contribution is -2.05. The Balaban J connectivity index is 2.53. The fraction of sp³-hybridized carbons (Fsp3) is 0.273. The van der Waals surface area contributed by atoms with E-state index in [0.29, 0.717) is 12.2 Å². The van der Waals surface area contributed by atoms with Crippen LogP contribution in [0.4, 0.5) is 15.8 Å². The van der Waals surface area contributed by atoms with Crippen LogP contribution in [0.15, 0.2) is 30.9 Å². The maximum atomic E-state index is 13.1. The van der Waals surface area contributed by atoms with Gasteiger partial charge in [0.25, 0.3) is 5.69 Å². The summed E-state index contributed by atoms with van der Waals surface area (Å²) in [5.41, 5.74) is 0.183. The average Bonchev–Trinajstić information content (AvgIpc) is 2.28. The van der Waals surface area contributed by atoms with Crippen LogP contribution in [0.1, 0.15) is 0 Å². The smallest absolute Gasteiger partial charge is 0.274 e. The zero-order valence-electron chi connectivity index (χ0n) is 9.19. The van der Waals surface area contributed by atoms with E-state index in [9.17, 15) is 14.5 Å². The standard InChI is InChI=1S/C11H13FN2O2S/c1-2-4-17-5-3-13-10-6-9(12)7-11(8-10)14(15)16/h2,6-8,13H,1,3-5H2. The Morgan fingerprint density at radius 1 is 1.53 bits per heavy atom. The van der Waals surface area contributed by atoms with E-state index in [1.54, 1.807) is 17.8 Å². The zero-order chi connectivity index (χ0) is 12.7. The molecular formula is C11H13FN2O2S. The van der Waals surface area contributed by atoms with Gasteiger partial charge in [0.2, 0.25) is 0 Å². The molecule has 0 bridgehead atoms. The fourth-order valence-electron chi connectivity index (χ4n) is 1.22. The van der Waals surface area contributed by atoms with Crippen LogP contribution in [0.2, 0.25) is 0 Å². The van der Waals surface area contributed by atoms with Gasteiger partial charge in [0.05, 0.1) is 11.0 Å². The van der Waals surface area contributed by atoms with Gasteiger partial charge >= 0.3 is 0 Å². The first-order chi connectivity index (χ1) is 8.13. The lowest BCUT2D eigenvalue weighted by Gasteiger charge is -2.05. The quantitative estimate of drug-likeness (QED) is 0.352. The maximum Gasteiger partial charge on any atom is 0.274 e. The Labute approximate surface area is 103 Å². The first kappa shape index (κ1) is 13.5. The SMILES string of the molecule is C=CCSCCNc1cc(F)cc([N+](=O)[O-])c1. The molecule has 0 atom stereocenters. The van der Waals surface area contributed by atoms with E-state index in [4.69, 9.17) is 0 Å². The molecule has 1 rings (SSSR count). The van der Waals surface area contributed by atoms with Crippen molar-refractivity contribution in [3.63, 3.8) is 0 Å². The molecule has 0 radical (unpaired) electrons. The third-order valence-electron chi connectivity index (χ3n) is 1.90. The number of halogens is 1. The monoisotopic (exact) mass is 256 g/mol. The number of anilines is 1. The molecule has 0 amide bonds. The third kappa shape index (κ3) is 4.86. The molecule has 0 aliphatic carbocycles. The van der Waals surface area contributed by atoms with Crippen molar-refractivity contribution in [1.29, 1.82) is 0 Å². The maximum absolute atomic E-state index is 13.1. The van der Waals surface area contributed by atoms with Crippen molar-refractivity contribution in [3.05, 3.63) is 46.8 Å². The van der Waals surface area contributed by atoms with E-state index in [1.807, 2.05) is 0 Å². The van der Waals surface area contributed by atoms with Gasteiger partial charge in [-0.05, 0) is 6.07 Å². The number of hydrogen-bond donors (Lipinski definition) is 1. The minimum atomic E-state index is -0.611. The van der Waals surface area contributed by atoms with Gasteiger partial charge < -0.3 is 5.32 Å². The van der Waals surface area contributed by atoms with Gasteiger partial charge in [-0.2, -0.15) is 11.8 Å². The molecule has 0 spiro atoms. The van der Waals surface area contributed by atoms with Crippen LogP contribution < -0.4 is 5.32 Å². The molecule has 0 aromatic heterocycles. The number of rotatable bonds is 7. The summed E-state index contributed by atoms with van der Waals surface area (Å²) in [5, 5.41) is 13.5. The lowest BCUT2D eigenvalue weighted by molar-refractivity contribution is -0.385. The van der Waals surface area contributed by atoms with Crippen molar-refractivity contribution < 1.29 is 9.31 Å². The van der Waals surface area contributed by atoms with E-state index < -0.39 is 10.7 Å². The number of nitro groups is 1. The summed E-state index contributed by atoms with van der Waals surface area (Å²) in [6, 6.07) is 3.46. The van der Waals surface area contributed by atoms with Crippen LogP contribution in [0.25, 0.3) is 0 Å². The second kappa shape index (κ2) is 6.90. The fourth-order valence-corrected chi connectivity index (χ4v) is 1.80. The van der Waals surface area contributed by atoms with Gasteiger partial charge in [-0.1, -0.05) is 6.08 Å². The minimum absolute atomic E-state index is 0.244. The van der Waals surface area contributed by atoms with Crippen molar-refractivity contribution in [2.75, 3.05) is 23.4 Å². The van der Waals surface area contributed by atoms with Crippen LogP contribution in [0, 0.1) is 15.9 Å². The molecule has 0 saturated carbocycles. The normalized spacial score (nSPS) is 9.94. The van der Waals surface area contributed by atoms with Gasteiger partial charge in [0, 0.05) is 29.8 Å². The Morgan fingerprint density at radius 3 is 2.94 bits per heavy atom. The van der Waals surface area contributed by atoms with E-state index in [0.717, 1.165) is 17.6 Å². The highest BCUT2D eigenvalue weighted by Crippen LogP contribution is 2.19. The second-order valence-corrected chi connectivity index (χ2v) is 4.40. The predicted molar refractivity (Wildman–Crippen MR) is 69.1 cm³/mol. The average molecular weight is 256 g/mol. The molecule has 6 heteroatoms. The predicted octanol–water partition coefficient (Wildman–Crippen LogP) is 3.07. The molecule has 1 N–H and O–H groups in total. The van der Waals surface area contributed by atoms with Crippen LogP contribution in [0.5, 0.6) is 0 Å². The van der Waals surface area contributed by atoms with Crippen LogP contribution in [-0.4, -0.2) is 23.0 Å². The molecule has 92 valence electrons. The number of hydrogen-bond acceptors (Lipinski definition) is 4. The Bertz CT molecular complexity index is 412. The number of non-ortho nitro benzene ring substituents is 1. The van der Waals surface area contributed by atoms with Gasteiger partial charge in [0.15, 0.2) is 0 Å². The van der Waals surface area contributed by atoms with Gasteiger partial charge in [-0.25, -0.2) is 4.39 Å². The molecule has 1 aromatic rings. The van der Waals surface area contributed by atoms with E-state index in [2.05, 4.69) is 11.9 Å². The number of thioether (sulfide) groups is 1. The number of nitro benzene ring substituents is 1. The highest BCUT2D eigenvalue weighted by molar-refractivity contribution is 7.99. The third-order valence-corrected chi connectivity index (χ3v) is 2.87. The molecule has 0 unspecified atom stereocenters. The largest absolute Gasteiger partial charge is 0.384 e. The molecule has 0 aliphatic heterocycles. The first-order valence-corrected chi connectivity index (χ1v) is 6.16. The molecule has 0 saturated heterocycles. The Kier molecular flexibility index (Phi) is 5.48. The molecule has 0 aliphatic rings. The summed E-state index contributed by atoms with van der Waals surface area (Å²) < 4.78 is 13.1.